The summed E-state index contributed by atoms with van der Waals surface area (Å²) in [5.74, 6) is 0.604. The molecule has 0 radical (unpaired) electrons. The normalized spacial score (nSPS) is 33.1. The zero-order valence-corrected chi connectivity index (χ0v) is 11.1. The minimum atomic E-state index is -0.0954. The van der Waals surface area contributed by atoms with Gasteiger partial charge in [0.2, 0.25) is 5.91 Å². The van der Waals surface area contributed by atoms with E-state index in [0.717, 1.165) is 19.4 Å². The molecular weight excluding hydrogens is 240 g/mol. The molecule has 0 aromatic heterocycles. The van der Waals surface area contributed by atoms with E-state index >= 15 is 0 Å². The van der Waals surface area contributed by atoms with Crippen LogP contribution in [0.2, 0.25) is 0 Å². The molecular formula is C15H20N2O2. The van der Waals surface area contributed by atoms with Crippen molar-refractivity contribution < 1.29 is 9.53 Å². The van der Waals surface area contributed by atoms with Crippen molar-refractivity contribution in [3.05, 3.63) is 35.9 Å². The van der Waals surface area contributed by atoms with Crippen molar-refractivity contribution in [3.8, 4) is 0 Å². The van der Waals surface area contributed by atoms with E-state index in [2.05, 4.69) is 22.8 Å². The van der Waals surface area contributed by atoms with E-state index in [1.807, 2.05) is 18.2 Å². The molecule has 4 atom stereocenters. The van der Waals surface area contributed by atoms with Crippen LogP contribution < -0.4 is 10.6 Å². The number of ether oxygens (including phenoxy) is 1. The van der Waals surface area contributed by atoms with Gasteiger partial charge in [0, 0.05) is 25.6 Å². The molecule has 0 bridgehead atoms. The summed E-state index contributed by atoms with van der Waals surface area (Å²) >= 11 is 0. The molecule has 1 heterocycles. The third-order valence-electron chi connectivity index (χ3n) is 4.09. The van der Waals surface area contributed by atoms with Crippen LogP contribution in [0.1, 0.15) is 24.3 Å². The summed E-state index contributed by atoms with van der Waals surface area (Å²) in [7, 11) is 1.69. The zero-order valence-electron chi connectivity index (χ0n) is 11.1. The number of benzene rings is 1. The van der Waals surface area contributed by atoms with Crippen molar-refractivity contribution in [1.29, 1.82) is 0 Å². The molecule has 1 aliphatic carbocycles. The van der Waals surface area contributed by atoms with Crippen LogP contribution in [0, 0.1) is 0 Å². The Balaban J connectivity index is 1.50. The second-order valence-electron chi connectivity index (χ2n) is 5.42. The molecule has 3 rings (SSSR count). The SMILES string of the molecule is COC1CNC(C(=O)NC2CC2c2ccccc2)C1. The van der Waals surface area contributed by atoms with E-state index in [4.69, 9.17) is 4.74 Å². The van der Waals surface area contributed by atoms with Crippen molar-refractivity contribution >= 4 is 5.91 Å². The lowest BCUT2D eigenvalue weighted by Gasteiger charge is -2.11. The Morgan fingerprint density at radius 3 is 2.79 bits per heavy atom. The van der Waals surface area contributed by atoms with Gasteiger partial charge in [0.15, 0.2) is 0 Å². The Kier molecular flexibility index (Phi) is 3.53. The fourth-order valence-corrected chi connectivity index (χ4v) is 2.79. The molecule has 4 nitrogen and oxygen atoms in total. The minimum Gasteiger partial charge on any atom is -0.380 e. The lowest BCUT2D eigenvalue weighted by atomic mass is 10.1. The molecule has 2 fully saturated rings. The van der Waals surface area contributed by atoms with Gasteiger partial charge in [-0.05, 0) is 18.4 Å². The second-order valence-corrected chi connectivity index (χ2v) is 5.42. The van der Waals surface area contributed by atoms with E-state index in [-0.39, 0.29) is 18.1 Å². The highest BCUT2D eigenvalue weighted by molar-refractivity contribution is 5.83. The number of carbonyl (C=O) groups is 1. The van der Waals surface area contributed by atoms with Gasteiger partial charge >= 0.3 is 0 Å². The van der Waals surface area contributed by atoms with Gasteiger partial charge in [0.1, 0.15) is 0 Å². The molecule has 1 saturated carbocycles. The Bertz CT molecular complexity index is 449. The van der Waals surface area contributed by atoms with Crippen molar-refractivity contribution in [2.75, 3.05) is 13.7 Å². The van der Waals surface area contributed by atoms with Crippen LogP contribution in [0.3, 0.4) is 0 Å². The first-order valence-corrected chi connectivity index (χ1v) is 6.89. The maximum Gasteiger partial charge on any atom is 0.237 e. The molecule has 19 heavy (non-hydrogen) atoms. The van der Waals surface area contributed by atoms with Gasteiger partial charge in [-0.1, -0.05) is 30.3 Å². The van der Waals surface area contributed by atoms with Crippen LogP contribution >= 0.6 is 0 Å². The predicted octanol–water partition coefficient (Wildman–Crippen LogP) is 1.04. The number of methoxy groups -OCH3 is 1. The molecule has 2 N–H and O–H groups in total. The van der Waals surface area contributed by atoms with Crippen LogP contribution in [0.25, 0.3) is 0 Å². The molecule has 1 aliphatic heterocycles. The van der Waals surface area contributed by atoms with E-state index in [9.17, 15) is 4.79 Å². The van der Waals surface area contributed by atoms with Gasteiger partial charge in [-0.2, -0.15) is 0 Å². The highest BCUT2D eigenvalue weighted by Crippen LogP contribution is 2.40. The molecule has 0 spiro atoms. The Hall–Kier alpha value is -1.39. The average Bonchev–Trinajstić information content (AvgIpc) is 3.04. The van der Waals surface area contributed by atoms with Crippen LogP contribution in [0.4, 0.5) is 0 Å². The van der Waals surface area contributed by atoms with Gasteiger partial charge < -0.3 is 15.4 Å². The summed E-state index contributed by atoms with van der Waals surface area (Å²) < 4.78 is 5.26. The molecule has 1 aromatic rings. The maximum atomic E-state index is 12.1. The van der Waals surface area contributed by atoms with E-state index < -0.39 is 0 Å². The lowest BCUT2D eigenvalue weighted by molar-refractivity contribution is -0.123. The second kappa shape index (κ2) is 5.31. The summed E-state index contributed by atoms with van der Waals surface area (Å²) in [5, 5.41) is 6.34. The number of amides is 1. The first kappa shape index (κ1) is 12.6. The smallest absolute Gasteiger partial charge is 0.237 e. The first-order chi connectivity index (χ1) is 9.28. The van der Waals surface area contributed by atoms with Gasteiger partial charge in [-0.15, -0.1) is 0 Å². The summed E-state index contributed by atoms with van der Waals surface area (Å²) in [6.45, 7) is 0.765. The topological polar surface area (TPSA) is 50.4 Å². The van der Waals surface area contributed by atoms with Crippen LogP contribution in [-0.4, -0.2) is 37.7 Å². The fraction of sp³-hybridized carbons (Fsp3) is 0.533. The van der Waals surface area contributed by atoms with Crippen molar-refractivity contribution in [2.24, 2.45) is 0 Å². The highest BCUT2D eigenvalue weighted by atomic mass is 16.5. The molecule has 1 aromatic carbocycles. The maximum absolute atomic E-state index is 12.1. The zero-order chi connectivity index (χ0) is 13.2. The minimum absolute atomic E-state index is 0.0954. The summed E-state index contributed by atoms with van der Waals surface area (Å²) in [4.78, 5) is 12.1. The van der Waals surface area contributed by atoms with Crippen molar-refractivity contribution in [3.63, 3.8) is 0 Å². The monoisotopic (exact) mass is 260 g/mol. The summed E-state index contributed by atoms with van der Waals surface area (Å²) in [6.07, 6.45) is 1.99. The van der Waals surface area contributed by atoms with E-state index in [0.29, 0.717) is 12.0 Å². The first-order valence-electron chi connectivity index (χ1n) is 6.89. The quantitative estimate of drug-likeness (QED) is 0.850. The van der Waals surface area contributed by atoms with Crippen LogP contribution in [-0.2, 0) is 9.53 Å². The predicted molar refractivity (Wildman–Crippen MR) is 72.9 cm³/mol. The standard InChI is InChI=1S/C15H20N2O2/c1-19-11-7-14(16-9-11)15(18)17-13-8-12(13)10-5-3-2-4-6-10/h2-6,11-14,16H,7-9H2,1H3,(H,17,18). The molecule has 4 unspecified atom stereocenters. The number of rotatable bonds is 4. The number of hydrogen-bond acceptors (Lipinski definition) is 3. The molecule has 102 valence electrons. The van der Waals surface area contributed by atoms with E-state index in [1.165, 1.54) is 5.56 Å². The summed E-state index contributed by atoms with van der Waals surface area (Å²) in [5.41, 5.74) is 1.32. The molecule has 4 heteroatoms. The number of carbonyl (C=O) groups excluding carboxylic acids is 1. The summed E-state index contributed by atoms with van der Waals surface area (Å²) in [6, 6.07) is 10.6. The Morgan fingerprint density at radius 1 is 1.32 bits per heavy atom. The lowest BCUT2D eigenvalue weighted by Crippen LogP contribution is -2.41. The number of nitrogens with one attached hydrogen (secondary N) is 2. The Morgan fingerprint density at radius 2 is 2.11 bits per heavy atom. The van der Waals surface area contributed by atoms with Gasteiger partial charge in [-0.3, -0.25) is 4.79 Å². The van der Waals surface area contributed by atoms with Crippen LogP contribution in [0.15, 0.2) is 30.3 Å². The fourth-order valence-electron chi connectivity index (χ4n) is 2.79. The van der Waals surface area contributed by atoms with Gasteiger partial charge in [0.25, 0.3) is 0 Å². The number of hydrogen-bond donors (Lipinski definition) is 2. The molecule has 1 saturated heterocycles. The molecule has 2 aliphatic rings. The third kappa shape index (κ3) is 2.80. The molecule has 1 amide bonds. The highest BCUT2D eigenvalue weighted by Gasteiger charge is 2.41. The van der Waals surface area contributed by atoms with Crippen LogP contribution in [0.5, 0.6) is 0 Å². The van der Waals surface area contributed by atoms with Crippen molar-refractivity contribution in [1.82, 2.24) is 10.6 Å². The largest absolute Gasteiger partial charge is 0.380 e. The average molecular weight is 260 g/mol. The van der Waals surface area contributed by atoms with Gasteiger partial charge in [0.05, 0.1) is 12.1 Å². The van der Waals surface area contributed by atoms with Crippen molar-refractivity contribution in [2.45, 2.75) is 36.9 Å². The van der Waals surface area contributed by atoms with Gasteiger partial charge in [-0.25, -0.2) is 0 Å². The Labute approximate surface area is 113 Å². The van der Waals surface area contributed by atoms with E-state index in [1.54, 1.807) is 7.11 Å². The third-order valence-corrected chi connectivity index (χ3v) is 4.09.